The highest BCUT2D eigenvalue weighted by atomic mass is 127. The highest BCUT2D eigenvalue weighted by Crippen LogP contribution is 2.15. The van der Waals surface area contributed by atoms with Crippen LogP contribution in [0.4, 0.5) is 5.69 Å². The molecule has 104 valence electrons. The van der Waals surface area contributed by atoms with Crippen molar-refractivity contribution in [1.29, 1.82) is 0 Å². The predicted molar refractivity (Wildman–Crippen MR) is 81.7 cm³/mol. The van der Waals surface area contributed by atoms with Gasteiger partial charge in [-0.05, 0) is 54.6 Å². The van der Waals surface area contributed by atoms with Crippen LogP contribution in [0.1, 0.15) is 30.6 Å². The molecule has 19 heavy (non-hydrogen) atoms. The number of benzene rings is 1. The van der Waals surface area contributed by atoms with Gasteiger partial charge in [-0.25, -0.2) is 0 Å². The molecule has 0 aliphatic rings. The van der Waals surface area contributed by atoms with E-state index in [2.05, 4.69) is 27.9 Å². The molecule has 0 aliphatic carbocycles. The second-order valence-corrected chi connectivity index (χ2v) is 5.36. The first-order chi connectivity index (χ1) is 8.93. The third-order valence-electron chi connectivity index (χ3n) is 2.42. The number of nitrogens with two attached hydrogens (primary N) is 1. The fourth-order valence-corrected chi connectivity index (χ4v) is 2.04. The van der Waals surface area contributed by atoms with Gasteiger partial charge in [0.1, 0.15) is 0 Å². The molecule has 1 atom stereocenters. The summed E-state index contributed by atoms with van der Waals surface area (Å²) < 4.78 is 5.75. The van der Waals surface area contributed by atoms with Crippen molar-refractivity contribution in [2.45, 2.75) is 26.3 Å². The molecule has 0 aromatic heterocycles. The number of halogens is 1. The number of rotatable bonds is 5. The molecule has 5 nitrogen and oxygen atoms in total. The van der Waals surface area contributed by atoms with E-state index in [-0.39, 0.29) is 24.3 Å². The molecule has 0 radical (unpaired) electrons. The van der Waals surface area contributed by atoms with Gasteiger partial charge >= 0.3 is 5.97 Å². The van der Waals surface area contributed by atoms with E-state index in [1.807, 2.05) is 6.07 Å². The standard InChI is InChI=1S/C13H17IN2O3/c1-3-19-12(17)6-8(2)16-13(18)10-7-9(14)4-5-11(10)15/h4-5,7-8H,3,6,15H2,1-2H3,(H,16,18). The summed E-state index contributed by atoms with van der Waals surface area (Å²) in [4.78, 5) is 23.3. The van der Waals surface area contributed by atoms with Crippen LogP contribution in [0.5, 0.6) is 0 Å². The number of anilines is 1. The Morgan fingerprint density at radius 3 is 2.79 bits per heavy atom. The van der Waals surface area contributed by atoms with Crippen LogP contribution in [0.25, 0.3) is 0 Å². The van der Waals surface area contributed by atoms with Crippen LogP contribution in [0.3, 0.4) is 0 Å². The number of carbonyl (C=O) groups is 2. The van der Waals surface area contributed by atoms with Crippen LogP contribution < -0.4 is 11.1 Å². The van der Waals surface area contributed by atoms with E-state index in [4.69, 9.17) is 10.5 Å². The van der Waals surface area contributed by atoms with Crippen molar-refractivity contribution in [3.05, 3.63) is 27.3 Å². The Hall–Kier alpha value is -1.31. The third-order valence-corrected chi connectivity index (χ3v) is 3.09. The Kier molecular flexibility index (Phi) is 6.07. The fourth-order valence-electron chi connectivity index (χ4n) is 1.55. The average Bonchev–Trinajstić information content (AvgIpc) is 2.32. The summed E-state index contributed by atoms with van der Waals surface area (Å²) in [5.41, 5.74) is 6.60. The molecule has 0 spiro atoms. The molecule has 0 aliphatic heterocycles. The summed E-state index contributed by atoms with van der Waals surface area (Å²) in [6.07, 6.45) is 0.142. The Morgan fingerprint density at radius 1 is 1.47 bits per heavy atom. The number of amides is 1. The zero-order valence-electron chi connectivity index (χ0n) is 10.9. The molecule has 1 amide bonds. The number of hydrogen-bond donors (Lipinski definition) is 2. The van der Waals surface area contributed by atoms with Gasteiger partial charge in [-0.1, -0.05) is 0 Å². The molecule has 0 saturated heterocycles. The first kappa shape index (κ1) is 15.7. The molecule has 1 rings (SSSR count). The Labute approximate surface area is 126 Å². The first-order valence-corrected chi connectivity index (χ1v) is 7.03. The molecule has 3 N–H and O–H groups in total. The number of ether oxygens (including phenoxy) is 1. The fraction of sp³-hybridized carbons (Fsp3) is 0.385. The minimum atomic E-state index is -0.328. The second kappa shape index (κ2) is 7.32. The van der Waals surface area contributed by atoms with Crippen LogP contribution in [0, 0.1) is 3.57 Å². The molecular formula is C13H17IN2O3. The zero-order chi connectivity index (χ0) is 14.4. The number of nitrogen functional groups attached to an aromatic ring is 1. The van der Waals surface area contributed by atoms with Crippen LogP contribution in [-0.4, -0.2) is 24.5 Å². The van der Waals surface area contributed by atoms with Crippen molar-refractivity contribution >= 4 is 40.2 Å². The number of esters is 1. The molecule has 1 aromatic rings. The van der Waals surface area contributed by atoms with E-state index in [9.17, 15) is 9.59 Å². The van der Waals surface area contributed by atoms with Crippen molar-refractivity contribution in [2.75, 3.05) is 12.3 Å². The van der Waals surface area contributed by atoms with E-state index in [1.54, 1.807) is 26.0 Å². The van der Waals surface area contributed by atoms with Crippen LogP contribution in [-0.2, 0) is 9.53 Å². The Balaban J connectivity index is 2.64. The van der Waals surface area contributed by atoms with Crippen molar-refractivity contribution in [3.8, 4) is 0 Å². The lowest BCUT2D eigenvalue weighted by Gasteiger charge is -2.14. The average molecular weight is 376 g/mol. The summed E-state index contributed by atoms with van der Waals surface area (Å²) in [6.45, 7) is 3.83. The van der Waals surface area contributed by atoms with Gasteiger partial charge in [-0.15, -0.1) is 0 Å². The quantitative estimate of drug-likeness (QED) is 0.468. The van der Waals surface area contributed by atoms with Crippen molar-refractivity contribution in [1.82, 2.24) is 5.32 Å². The van der Waals surface area contributed by atoms with Crippen LogP contribution >= 0.6 is 22.6 Å². The lowest BCUT2D eigenvalue weighted by Crippen LogP contribution is -2.35. The van der Waals surface area contributed by atoms with Crippen molar-refractivity contribution in [2.24, 2.45) is 0 Å². The van der Waals surface area contributed by atoms with Crippen LogP contribution in [0.15, 0.2) is 18.2 Å². The van der Waals surface area contributed by atoms with E-state index < -0.39 is 0 Å². The van der Waals surface area contributed by atoms with Gasteiger partial charge in [-0.2, -0.15) is 0 Å². The maximum atomic E-state index is 12.0. The lowest BCUT2D eigenvalue weighted by molar-refractivity contribution is -0.143. The SMILES string of the molecule is CCOC(=O)CC(C)NC(=O)c1cc(I)ccc1N. The second-order valence-electron chi connectivity index (χ2n) is 4.12. The molecule has 1 aromatic carbocycles. The van der Waals surface area contributed by atoms with Gasteiger partial charge in [0.2, 0.25) is 0 Å². The topological polar surface area (TPSA) is 81.4 Å². The highest BCUT2D eigenvalue weighted by Gasteiger charge is 2.15. The van der Waals surface area contributed by atoms with Gasteiger partial charge in [0.15, 0.2) is 0 Å². The van der Waals surface area contributed by atoms with Gasteiger partial charge in [0.25, 0.3) is 5.91 Å². The van der Waals surface area contributed by atoms with Crippen molar-refractivity contribution < 1.29 is 14.3 Å². The van der Waals surface area contributed by atoms with Gasteiger partial charge in [-0.3, -0.25) is 9.59 Å². The smallest absolute Gasteiger partial charge is 0.307 e. The summed E-state index contributed by atoms with van der Waals surface area (Å²) in [5, 5.41) is 2.73. The maximum absolute atomic E-state index is 12.0. The minimum Gasteiger partial charge on any atom is -0.466 e. The summed E-state index contributed by atoms with van der Waals surface area (Å²) in [7, 11) is 0. The highest BCUT2D eigenvalue weighted by molar-refractivity contribution is 14.1. The number of carbonyl (C=O) groups excluding carboxylic acids is 2. The Morgan fingerprint density at radius 2 is 2.16 bits per heavy atom. The van der Waals surface area contributed by atoms with E-state index in [0.29, 0.717) is 17.9 Å². The van der Waals surface area contributed by atoms with Crippen molar-refractivity contribution in [3.63, 3.8) is 0 Å². The van der Waals surface area contributed by atoms with E-state index in [0.717, 1.165) is 3.57 Å². The monoisotopic (exact) mass is 376 g/mol. The Bertz CT molecular complexity index is 477. The van der Waals surface area contributed by atoms with Crippen LogP contribution in [0.2, 0.25) is 0 Å². The lowest BCUT2D eigenvalue weighted by atomic mass is 10.1. The molecule has 0 fully saturated rings. The summed E-state index contributed by atoms with van der Waals surface area (Å²) in [5.74, 6) is -0.612. The normalized spacial score (nSPS) is 11.7. The predicted octanol–water partition coefficient (Wildman–Crippen LogP) is 1.94. The first-order valence-electron chi connectivity index (χ1n) is 5.95. The molecule has 0 heterocycles. The van der Waals surface area contributed by atoms with E-state index >= 15 is 0 Å². The molecule has 0 saturated carbocycles. The summed E-state index contributed by atoms with van der Waals surface area (Å²) >= 11 is 2.11. The van der Waals surface area contributed by atoms with Gasteiger partial charge in [0.05, 0.1) is 18.6 Å². The van der Waals surface area contributed by atoms with Gasteiger partial charge in [0, 0.05) is 15.3 Å². The maximum Gasteiger partial charge on any atom is 0.307 e. The molecule has 6 heteroatoms. The number of nitrogens with one attached hydrogen (secondary N) is 1. The molecule has 1 unspecified atom stereocenters. The van der Waals surface area contributed by atoms with Gasteiger partial charge < -0.3 is 15.8 Å². The summed E-state index contributed by atoms with van der Waals surface area (Å²) in [6, 6.07) is 4.92. The van der Waals surface area contributed by atoms with E-state index in [1.165, 1.54) is 0 Å². The third kappa shape index (κ3) is 5.06. The molecular weight excluding hydrogens is 359 g/mol. The molecule has 0 bridgehead atoms. The number of hydrogen-bond acceptors (Lipinski definition) is 4. The zero-order valence-corrected chi connectivity index (χ0v) is 13.1. The largest absolute Gasteiger partial charge is 0.466 e. The minimum absolute atomic E-state index is 0.142.